The minimum Gasteiger partial charge on any atom is -0.337 e. The number of carbonyl (C=O) groups is 1. The number of aromatic nitrogens is 2. The molecule has 7 heteroatoms. The number of hydrogen-bond acceptors (Lipinski definition) is 6. The van der Waals surface area contributed by atoms with Gasteiger partial charge in [-0.15, -0.1) is 0 Å². The highest BCUT2D eigenvalue weighted by atomic mass is 16.2. The second kappa shape index (κ2) is 8.88. The van der Waals surface area contributed by atoms with Crippen molar-refractivity contribution in [3.63, 3.8) is 0 Å². The second-order valence-electron chi connectivity index (χ2n) is 8.21. The lowest BCUT2D eigenvalue weighted by atomic mass is 10.0. The van der Waals surface area contributed by atoms with Crippen LogP contribution in [0.2, 0.25) is 0 Å². The Morgan fingerprint density at radius 2 is 1.97 bits per heavy atom. The summed E-state index contributed by atoms with van der Waals surface area (Å²) >= 11 is 0. The molecule has 2 N–H and O–H groups in total. The molecule has 0 radical (unpaired) electrons. The molecule has 32 heavy (non-hydrogen) atoms. The highest BCUT2D eigenvalue weighted by molar-refractivity contribution is 5.95. The Hall–Kier alpha value is -3.58. The fourth-order valence-corrected chi connectivity index (χ4v) is 4.29. The summed E-state index contributed by atoms with van der Waals surface area (Å²) in [5, 5.41) is 6.55. The molecular formula is C25H26N6O. The van der Waals surface area contributed by atoms with E-state index < -0.39 is 0 Å². The zero-order valence-electron chi connectivity index (χ0n) is 18.1. The number of anilines is 2. The van der Waals surface area contributed by atoms with Gasteiger partial charge in [0.15, 0.2) is 0 Å². The van der Waals surface area contributed by atoms with Gasteiger partial charge in [0.2, 0.25) is 5.95 Å². The van der Waals surface area contributed by atoms with Crippen molar-refractivity contribution in [1.82, 2.24) is 20.2 Å². The highest BCUT2D eigenvalue weighted by Gasteiger charge is 2.23. The minimum atomic E-state index is 0.0781. The molecule has 0 aliphatic carbocycles. The summed E-state index contributed by atoms with van der Waals surface area (Å²) < 4.78 is 0. The van der Waals surface area contributed by atoms with Gasteiger partial charge in [-0.3, -0.25) is 9.79 Å². The summed E-state index contributed by atoms with van der Waals surface area (Å²) in [6, 6.07) is 16.0. The molecule has 2 aliphatic heterocycles. The van der Waals surface area contributed by atoms with E-state index in [1.165, 1.54) is 0 Å². The maximum atomic E-state index is 12.9. The van der Waals surface area contributed by atoms with Gasteiger partial charge in [-0.1, -0.05) is 24.3 Å². The molecule has 1 amide bonds. The lowest BCUT2D eigenvalue weighted by molar-refractivity contribution is 0.0698. The molecule has 1 fully saturated rings. The molecule has 2 aromatic carbocycles. The van der Waals surface area contributed by atoms with Crippen LogP contribution in [0.3, 0.4) is 0 Å². The molecule has 0 spiro atoms. The number of amides is 1. The topological polar surface area (TPSA) is 82.5 Å². The Morgan fingerprint density at radius 3 is 2.81 bits per heavy atom. The molecule has 0 saturated carbocycles. The normalized spacial score (nSPS) is 17.3. The Morgan fingerprint density at radius 1 is 1.12 bits per heavy atom. The second-order valence-corrected chi connectivity index (χ2v) is 8.21. The van der Waals surface area contributed by atoms with Crippen LogP contribution in [0.4, 0.5) is 11.6 Å². The molecule has 2 aliphatic rings. The van der Waals surface area contributed by atoms with Gasteiger partial charge in [-0.05, 0) is 44.2 Å². The van der Waals surface area contributed by atoms with Gasteiger partial charge in [-0.25, -0.2) is 9.97 Å². The van der Waals surface area contributed by atoms with E-state index in [-0.39, 0.29) is 5.91 Å². The van der Waals surface area contributed by atoms with E-state index >= 15 is 0 Å². The fourth-order valence-electron chi connectivity index (χ4n) is 4.29. The van der Waals surface area contributed by atoms with E-state index in [1.54, 1.807) is 0 Å². The molecule has 3 heterocycles. The Bertz CT molecular complexity index is 1160. The maximum Gasteiger partial charge on any atom is 0.253 e. The third-order valence-corrected chi connectivity index (χ3v) is 6.08. The van der Waals surface area contributed by atoms with E-state index in [9.17, 15) is 4.79 Å². The van der Waals surface area contributed by atoms with Gasteiger partial charge >= 0.3 is 0 Å². The Labute approximate surface area is 187 Å². The standard InChI is InChI=1S/C25H26N6O/c1-26-21-6-4-12-31(16-21)24(32)17-8-10-20(11-9-17)29-25-28-15-19-14-27-13-18-5-2-3-7-22(18)23(19)30-25/h2-3,5,7-11,13,15,21,26H,4,6,12,14,16H2,1H3,(H,28,29,30). The number of nitrogens with zero attached hydrogens (tertiary/aromatic N) is 4. The predicted molar refractivity (Wildman–Crippen MR) is 126 cm³/mol. The van der Waals surface area contributed by atoms with Crippen molar-refractivity contribution in [2.24, 2.45) is 4.99 Å². The number of carbonyl (C=O) groups excluding carboxylic acids is 1. The monoisotopic (exact) mass is 426 g/mol. The van der Waals surface area contributed by atoms with Gasteiger partial charge in [-0.2, -0.15) is 0 Å². The van der Waals surface area contributed by atoms with Crippen LogP contribution in [-0.4, -0.2) is 53.2 Å². The number of fused-ring (bicyclic) bond motifs is 3. The van der Waals surface area contributed by atoms with E-state index in [1.807, 2.05) is 66.8 Å². The lowest BCUT2D eigenvalue weighted by Crippen LogP contribution is -2.46. The van der Waals surface area contributed by atoms with Crippen LogP contribution < -0.4 is 10.6 Å². The van der Waals surface area contributed by atoms with Crippen LogP contribution in [0.15, 0.2) is 59.7 Å². The minimum absolute atomic E-state index is 0.0781. The van der Waals surface area contributed by atoms with Gasteiger partial charge in [0.25, 0.3) is 5.91 Å². The first-order valence-electron chi connectivity index (χ1n) is 11.0. The van der Waals surface area contributed by atoms with Crippen molar-refractivity contribution in [3.05, 3.63) is 71.4 Å². The van der Waals surface area contributed by atoms with Crippen molar-refractivity contribution in [2.75, 3.05) is 25.5 Å². The highest BCUT2D eigenvalue weighted by Crippen LogP contribution is 2.28. The van der Waals surface area contributed by atoms with E-state index in [0.717, 1.165) is 54.0 Å². The van der Waals surface area contributed by atoms with Crippen LogP contribution >= 0.6 is 0 Å². The molecular weight excluding hydrogens is 400 g/mol. The molecule has 7 nitrogen and oxygen atoms in total. The number of likely N-dealkylation sites (N-methyl/N-ethyl adjacent to an activating group) is 1. The maximum absolute atomic E-state index is 12.9. The number of likely N-dealkylation sites (tertiary alicyclic amines) is 1. The largest absolute Gasteiger partial charge is 0.337 e. The Balaban J connectivity index is 1.33. The van der Waals surface area contributed by atoms with Crippen molar-refractivity contribution in [3.8, 4) is 11.3 Å². The third kappa shape index (κ3) is 4.11. The van der Waals surface area contributed by atoms with E-state index in [2.05, 4.69) is 26.7 Å². The Kier molecular flexibility index (Phi) is 5.64. The van der Waals surface area contributed by atoms with Crippen LogP contribution in [0.1, 0.15) is 34.3 Å². The first kappa shape index (κ1) is 20.3. The number of hydrogen-bond donors (Lipinski definition) is 2. The zero-order valence-corrected chi connectivity index (χ0v) is 18.1. The molecule has 0 bridgehead atoms. The summed E-state index contributed by atoms with van der Waals surface area (Å²) in [6.07, 6.45) is 5.86. The molecule has 5 rings (SSSR count). The van der Waals surface area contributed by atoms with Crippen LogP contribution in [0.5, 0.6) is 0 Å². The van der Waals surface area contributed by atoms with Gasteiger partial charge < -0.3 is 15.5 Å². The van der Waals surface area contributed by atoms with Crippen LogP contribution in [0, 0.1) is 0 Å². The van der Waals surface area contributed by atoms with Crippen molar-refractivity contribution < 1.29 is 4.79 Å². The number of aliphatic imine (C=N–C) groups is 1. The van der Waals surface area contributed by atoms with Gasteiger partial charge in [0.05, 0.1) is 12.2 Å². The van der Waals surface area contributed by atoms with Crippen LogP contribution in [-0.2, 0) is 6.54 Å². The number of rotatable bonds is 4. The molecule has 3 aromatic rings. The first-order valence-corrected chi connectivity index (χ1v) is 11.0. The molecule has 1 unspecified atom stereocenters. The SMILES string of the molecule is CNC1CCCN(C(=O)c2ccc(Nc3ncc4c(n3)-c3ccccc3C=NC4)cc2)C1. The predicted octanol–water partition coefficient (Wildman–Crippen LogP) is 3.64. The molecule has 1 saturated heterocycles. The van der Waals surface area contributed by atoms with Crippen molar-refractivity contribution in [2.45, 2.75) is 25.4 Å². The first-order chi connectivity index (χ1) is 15.7. The summed E-state index contributed by atoms with van der Waals surface area (Å²) in [4.78, 5) is 28.5. The quantitative estimate of drug-likeness (QED) is 0.666. The molecule has 1 atom stereocenters. The van der Waals surface area contributed by atoms with E-state index in [4.69, 9.17) is 4.98 Å². The smallest absolute Gasteiger partial charge is 0.253 e. The fraction of sp³-hybridized carbons (Fsp3) is 0.280. The summed E-state index contributed by atoms with van der Waals surface area (Å²) in [6.45, 7) is 2.13. The third-order valence-electron chi connectivity index (χ3n) is 6.08. The lowest BCUT2D eigenvalue weighted by Gasteiger charge is -2.32. The summed E-state index contributed by atoms with van der Waals surface area (Å²) in [7, 11) is 1.95. The number of benzene rings is 2. The number of nitrogens with one attached hydrogen (secondary N) is 2. The van der Waals surface area contributed by atoms with E-state index in [0.29, 0.717) is 24.1 Å². The van der Waals surface area contributed by atoms with Crippen molar-refractivity contribution in [1.29, 1.82) is 0 Å². The number of piperidine rings is 1. The summed E-state index contributed by atoms with van der Waals surface area (Å²) in [5.41, 5.74) is 5.53. The molecule has 162 valence electrons. The average Bonchev–Trinajstić information content (AvgIpc) is 3.03. The zero-order chi connectivity index (χ0) is 21.9. The average molecular weight is 427 g/mol. The molecule has 1 aromatic heterocycles. The van der Waals surface area contributed by atoms with Gasteiger partial charge in [0.1, 0.15) is 0 Å². The van der Waals surface area contributed by atoms with Crippen molar-refractivity contribution >= 4 is 23.8 Å². The summed E-state index contributed by atoms with van der Waals surface area (Å²) in [5.74, 6) is 0.599. The van der Waals surface area contributed by atoms with Crippen LogP contribution in [0.25, 0.3) is 11.3 Å². The van der Waals surface area contributed by atoms with Gasteiger partial charge in [0, 0.05) is 59.5 Å².